The number of rotatable bonds is 5. The van der Waals surface area contributed by atoms with Crippen LogP contribution in [-0.4, -0.2) is 18.8 Å². The highest BCUT2D eigenvalue weighted by atomic mass is 32.2. The second-order valence-corrected chi connectivity index (χ2v) is 6.42. The van der Waals surface area contributed by atoms with Crippen LogP contribution in [0, 0.1) is 5.92 Å². The first kappa shape index (κ1) is 11.6. The van der Waals surface area contributed by atoms with Gasteiger partial charge in [-0.1, -0.05) is 6.07 Å². The van der Waals surface area contributed by atoms with Gasteiger partial charge >= 0.3 is 0 Å². The highest BCUT2D eigenvalue weighted by molar-refractivity contribution is 7.99. The van der Waals surface area contributed by atoms with E-state index in [1.165, 1.54) is 42.8 Å². The third-order valence-electron chi connectivity index (χ3n) is 4.06. The molecule has 2 aliphatic rings. The Hall–Kier alpha value is -0.470. The van der Waals surface area contributed by atoms with Crippen LogP contribution in [-0.2, 0) is 12.8 Å². The first-order valence-corrected chi connectivity index (χ1v) is 7.77. The Kier molecular flexibility index (Phi) is 3.44. The maximum absolute atomic E-state index is 3.47. The summed E-state index contributed by atoms with van der Waals surface area (Å²) < 4.78 is 0. The largest absolute Gasteiger partial charge is 0.316 e. The zero-order valence-electron chi connectivity index (χ0n) is 10.5. The monoisotopic (exact) mass is 247 g/mol. The van der Waals surface area contributed by atoms with Crippen molar-refractivity contribution in [2.45, 2.75) is 43.0 Å². The summed E-state index contributed by atoms with van der Waals surface area (Å²) in [4.78, 5) is 1.46. The minimum Gasteiger partial charge on any atom is -0.316 e. The third-order valence-corrected chi connectivity index (χ3v) is 5.17. The van der Waals surface area contributed by atoms with E-state index in [1.54, 1.807) is 11.1 Å². The van der Waals surface area contributed by atoms with Crippen molar-refractivity contribution in [1.82, 2.24) is 5.32 Å². The van der Waals surface area contributed by atoms with Gasteiger partial charge in [0.1, 0.15) is 0 Å². The second-order valence-electron chi connectivity index (χ2n) is 5.33. The molecule has 17 heavy (non-hydrogen) atoms. The Labute approximate surface area is 108 Å². The number of fused-ring (bicyclic) bond motifs is 1. The predicted molar refractivity (Wildman–Crippen MR) is 74.8 cm³/mol. The Morgan fingerprint density at radius 3 is 2.88 bits per heavy atom. The molecule has 1 saturated carbocycles. The van der Waals surface area contributed by atoms with Gasteiger partial charge in [0.15, 0.2) is 0 Å². The fourth-order valence-corrected chi connectivity index (χ4v) is 3.98. The van der Waals surface area contributed by atoms with E-state index in [4.69, 9.17) is 0 Å². The Morgan fingerprint density at radius 2 is 2.12 bits per heavy atom. The van der Waals surface area contributed by atoms with Gasteiger partial charge in [-0.05, 0) is 68.3 Å². The molecule has 0 saturated heterocycles. The lowest BCUT2D eigenvalue weighted by Crippen LogP contribution is -2.29. The van der Waals surface area contributed by atoms with Crippen molar-refractivity contribution in [2.24, 2.45) is 5.92 Å². The summed E-state index contributed by atoms with van der Waals surface area (Å²) in [5.74, 6) is 2.17. The van der Waals surface area contributed by atoms with Crippen molar-refractivity contribution < 1.29 is 0 Å². The highest BCUT2D eigenvalue weighted by Crippen LogP contribution is 2.35. The molecule has 0 bridgehead atoms. The normalized spacial score (nSPS) is 20.3. The lowest BCUT2D eigenvalue weighted by atomic mass is 10.1. The smallest absolute Gasteiger partial charge is 0.0186 e. The molecule has 0 aliphatic heterocycles. The molecule has 3 rings (SSSR count). The van der Waals surface area contributed by atoms with Crippen LogP contribution in [0.2, 0.25) is 0 Å². The van der Waals surface area contributed by atoms with Gasteiger partial charge in [0.25, 0.3) is 0 Å². The quantitative estimate of drug-likeness (QED) is 0.802. The van der Waals surface area contributed by atoms with E-state index >= 15 is 0 Å². The van der Waals surface area contributed by atoms with Crippen LogP contribution in [0.3, 0.4) is 0 Å². The Bertz CT molecular complexity index is 398. The van der Waals surface area contributed by atoms with Gasteiger partial charge in [-0.3, -0.25) is 0 Å². The maximum Gasteiger partial charge on any atom is 0.0186 e. The Balaban J connectivity index is 1.61. The number of hydrogen-bond acceptors (Lipinski definition) is 2. The van der Waals surface area contributed by atoms with E-state index in [2.05, 4.69) is 30.6 Å². The second kappa shape index (κ2) is 5.03. The van der Waals surface area contributed by atoms with Gasteiger partial charge in [0.2, 0.25) is 0 Å². The highest BCUT2D eigenvalue weighted by Gasteiger charge is 2.29. The SMILES string of the molecule is CNC(CSc1ccc2c(c1)CCC2)C1CC1. The summed E-state index contributed by atoms with van der Waals surface area (Å²) in [5.41, 5.74) is 3.18. The van der Waals surface area contributed by atoms with Crippen molar-refractivity contribution in [3.63, 3.8) is 0 Å². The van der Waals surface area contributed by atoms with Gasteiger partial charge in [-0.15, -0.1) is 11.8 Å². The summed E-state index contributed by atoms with van der Waals surface area (Å²) in [6.07, 6.45) is 6.79. The molecular formula is C15H21NS. The van der Waals surface area contributed by atoms with Gasteiger partial charge < -0.3 is 5.32 Å². The first-order chi connectivity index (χ1) is 8.36. The Morgan fingerprint density at radius 1 is 1.29 bits per heavy atom. The van der Waals surface area contributed by atoms with Crippen LogP contribution in [0.4, 0.5) is 0 Å². The molecule has 0 radical (unpaired) electrons. The molecule has 1 atom stereocenters. The summed E-state index contributed by atoms with van der Waals surface area (Å²) in [6.45, 7) is 0. The van der Waals surface area contributed by atoms with Crippen LogP contribution in [0.1, 0.15) is 30.4 Å². The maximum atomic E-state index is 3.47. The molecule has 0 amide bonds. The molecule has 0 heterocycles. The molecular weight excluding hydrogens is 226 g/mol. The molecule has 1 unspecified atom stereocenters. The standard InChI is InChI=1S/C15H21NS/c1-16-15(12-5-6-12)10-17-14-8-7-11-3-2-4-13(11)9-14/h7-9,12,15-16H,2-6,10H2,1H3. The number of nitrogens with one attached hydrogen (secondary N) is 1. The minimum atomic E-state index is 0.716. The molecule has 1 N–H and O–H groups in total. The van der Waals surface area contributed by atoms with Gasteiger partial charge in [0.05, 0.1) is 0 Å². The lowest BCUT2D eigenvalue weighted by Gasteiger charge is -2.14. The number of hydrogen-bond donors (Lipinski definition) is 1. The fourth-order valence-electron chi connectivity index (χ4n) is 2.78. The molecule has 1 fully saturated rings. The van der Waals surface area contributed by atoms with Gasteiger partial charge in [0, 0.05) is 16.7 Å². The molecule has 1 aromatic rings. The van der Waals surface area contributed by atoms with Gasteiger partial charge in [-0.2, -0.15) is 0 Å². The molecule has 1 aromatic carbocycles. The van der Waals surface area contributed by atoms with E-state index in [-0.39, 0.29) is 0 Å². The van der Waals surface area contributed by atoms with Crippen LogP contribution in [0.25, 0.3) is 0 Å². The van der Waals surface area contributed by atoms with Crippen molar-refractivity contribution in [2.75, 3.05) is 12.8 Å². The van der Waals surface area contributed by atoms with Gasteiger partial charge in [-0.25, -0.2) is 0 Å². The van der Waals surface area contributed by atoms with E-state index in [0.29, 0.717) is 6.04 Å². The van der Waals surface area contributed by atoms with E-state index < -0.39 is 0 Å². The molecule has 0 spiro atoms. The van der Waals surface area contributed by atoms with E-state index in [0.717, 1.165) is 5.92 Å². The van der Waals surface area contributed by atoms with Crippen molar-refractivity contribution >= 4 is 11.8 Å². The molecule has 1 nitrogen and oxygen atoms in total. The predicted octanol–water partition coefficient (Wildman–Crippen LogP) is 3.27. The molecule has 2 heteroatoms. The summed E-state index contributed by atoms with van der Waals surface area (Å²) >= 11 is 2.02. The number of aryl methyl sites for hydroxylation is 2. The van der Waals surface area contributed by atoms with E-state index in [1.807, 2.05) is 11.8 Å². The number of thioether (sulfide) groups is 1. The van der Waals surface area contributed by atoms with Crippen molar-refractivity contribution in [3.05, 3.63) is 29.3 Å². The van der Waals surface area contributed by atoms with Crippen molar-refractivity contribution in [3.8, 4) is 0 Å². The van der Waals surface area contributed by atoms with Crippen molar-refractivity contribution in [1.29, 1.82) is 0 Å². The van der Waals surface area contributed by atoms with Crippen LogP contribution in [0.5, 0.6) is 0 Å². The number of benzene rings is 1. The average molecular weight is 247 g/mol. The van der Waals surface area contributed by atoms with Crippen LogP contribution < -0.4 is 5.32 Å². The van der Waals surface area contributed by atoms with E-state index in [9.17, 15) is 0 Å². The third kappa shape index (κ3) is 2.69. The minimum absolute atomic E-state index is 0.716. The average Bonchev–Trinajstić information content (AvgIpc) is 3.08. The summed E-state index contributed by atoms with van der Waals surface area (Å²) in [6, 6.07) is 7.80. The van der Waals surface area contributed by atoms with Crippen LogP contribution >= 0.6 is 11.8 Å². The zero-order valence-corrected chi connectivity index (χ0v) is 11.4. The summed E-state index contributed by atoms with van der Waals surface area (Å²) in [5, 5.41) is 3.47. The molecule has 92 valence electrons. The summed E-state index contributed by atoms with van der Waals surface area (Å²) in [7, 11) is 2.10. The molecule has 0 aromatic heterocycles. The lowest BCUT2D eigenvalue weighted by molar-refractivity contribution is 0.554. The van der Waals surface area contributed by atoms with Crippen LogP contribution in [0.15, 0.2) is 23.1 Å². The molecule has 2 aliphatic carbocycles. The fraction of sp³-hybridized carbons (Fsp3) is 0.600. The zero-order chi connectivity index (χ0) is 11.7. The topological polar surface area (TPSA) is 12.0 Å². The first-order valence-electron chi connectivity index (χ1n) is 6.78.